The lowest BCUT2D eigenvalue weighted by atomic mass is 10.1. The molecule has 1 fully saturated rings. The Kier molecular flexibility index (Phi) is 3.72. The highest BCUT2D eigenvalue weighted by Gasteiger charge is 2.16. The SMILES string of the molecule is CCc1nc(C)c(CC2COCCN2)s1. The van der Waals surface area contributed by atoms with Gasteiger partial charge in [-0.25, -0.2) is 4.98 Å². The van der Waals surface area contributed by atoms with E-state index in [1.165, 1.54) is 15.6 Å². The van der Waals surface area contributed by atoms with Crippen molar-refractivity contribution in [2.45, 2.75) is 32.7 Å². The third kappa shape index (κ3) is 2.77. The molecule has 0 bridgehead atoms. The summed E-state index contributed by atoms with van der Waals surface area (Å²) in [5.74, 6) is 0. The average molecular weight is 226 g/mol. The number of aryl methyl sites for hydroxylation is 2. The molecule has 4 heteroatoms. The highest BCUT2D eigenvalue weighted by atomic mass is 32.1. The summed E-state index contributed by atoms with van der Waals surface area (Å²) in [6.45, 7) is 6.92. The van der Waals surface area contributed by atoms with E-state index >= 15 is 0 Å². The lowest BCUT2D eigenvalue weighted by Crippen LogP contribution is -2.42. The smallest absolute Gasteiger partial charge is 0.0928 e. The molecule has 1 unspecified atom stereocenters. The normalized spacial score (nSPS) is 21.9. The molecule has 1 aromatic rings. The van der Waals surface area contributed by atoms with E-state index < -0.39 is 0 Å². The van der Waals surface area contributed by atoms with Gasteiger partial charge in [-0.3, -0.25) is 0 Å². The molecule has 1 aliphatic heterocycles. The van der Waals surface area contributed by atoms with Crippen molar-refractivity contribution in [3.05, 3.63) is 15.6 Å². The van der Waals surface area contributed by atoms with Gasteiger partial charge in [0.05, 0.1) is 23.9 Å². The van der Waals surface area contributed by atoms with Crippen molar-refractivity contribution < 1.29 is 4.74 Å². The van der Waals surface area contributed by atoms with E-state index in [0.717, 1.165) is 32.6 Å². The van der Waals surface area contributed by atoms with E-state index in [2.05, 4.69) is 24.1 Å². The van der Waals surface area contributed by atoms with Crippen molar-refractivity contribution in [3.8, 4) is 0 Å². The van der Waals surface area contributed by atoms with Gasteiger partial charge in [-0.05, 0) is 13.3 Å². The lowest BCUT2D eigenvalue weighted by Gasteiger charge is -2.23. The molecule has 1 atom stereocenters. The van der Waals surface area contributed by atoms with Crippen molar-refractivity contribution in [1.82, 2.24) is 10.3 Å². The van der Waals surface area contributed by atoms with E-state index in [-0.39, 0.29) is 0 Å². The Morgan fingerprint density at radius 3 is 3.07 bits per heavy atom. The van der Waals surface area contributed by atoms with Crippen LogP contribution in [0.1, 0.15) is 22.5 Å². The highest BCUT2D eigenvalue weighted by Crippen LogP contribution is 2.20. The maximum absolute atomic E-state index is 5.45. The molecule has 1 aliphatic rings. The molecular weight excluding hydrogens is 208 g/mol. The van der Waals surface area contributed by atoms with Gasteiger partial charge in [0.2, 0.25) is 0 Å². The molecule has 0 spiro atoms. The molecule has 3 nitrogen and oxygen atoms in total. The Hall–Kier alpha value is -0.450. The molecule has 0 saturated carbocycles. The number of aromatic nitrogens is 1. The van der Waals surface area contributed by atoms with Crippen molar-refractivity contribution in [3.63, 3.8) is 0 Å². The van der Waals surface area contributed by atoms with Gasteiger partial charge in [0.1, 0.15) is 0 Å². The van der Waals surface area contributed by atoms with Gasteiger partial charge in [-0.2, -0.15) is 0 Å². The van der Waals surface area contributed by atoms with E-state index in [4.69, 9.17) is 4.74 Å². The van der Waals surface area contributed by atoms with Gasteiger partial charge in [-0.1, -0.05) is 6.92 Å². The summed E-state index contributed by atoms with van der Waals surface area (Å²) < 4.78 is 5.45. The number of ether oxygens (including phenoxy) is 1. The molecule has 84 valence electrons. The summed E-state index contributed by atoms with van der Waals surface area (Å²) in [5.41, 5.74) is 1.20. The fraction of sp³-hybridized carbons (Fsp3) is 0.727. The number of morpholine rings is 1. The number of nitrogens with zero attached hydrogens (tertiary/aromatic N) is 1. The zero-order chi connectivity index (χ0) is 10.7. The van der Waals surface area contributed by atoms with Crippen LogP contribution >= 0.6 is 11.3 Å². The molecule has 1 saturated heterocycles. The second kappa shape index (κ2) is 5.05. The molecule has 0 radical (unpaired) electrons. The Labute approximate surface area is 94.9 Å². The zero-order valence-electron chi connectivity index (χ0n) is 9.38. The lowest BCUT2D eigenvalue weighted by molar-refractivity contribution is 0.0772. The van der Waals surface area contributed by atoms with Gasteiger partial charge in [-0.15, -0.1) is 11.3 Å². The molecule has 0 aromatic carbocycles. The van der Waals surface area contributed by atoms with Gasteiger partial charge in [0.15, 0.2) is 0 Å². The van der Waals surface area contributed by atoms with Crippen LogP contribution in [0.25, 0.3) is 0 Å². The summed E-state index contributed by atoms with van der Waals surface area (Å²) in [6.07, 6.45) is 2.10. The van der Waals surface area contributed by atoms with E-state index in [0.29, 0.717) is 6.04 Å². The molecular formula is C11H18N2OS. The van der Waals surface area contributed by atoms with Gasteiger partial charge in [0, 0.05) is 23.9 Å². The van der Waals surface area contributed by atoms with Crippen molar-refractivity contribution in [1.29, 1.82) is 0 Å². The third-order valence-corrected chi connectivity index (χ3v) is 3.99. The van der Waals surface area contributed by atoms with Crippen LogP contribution in [0, 0.1) is 6.92 Å². The fourth-order valence-electron chi connectivity index (χ4n) is 1.80. The Morgan fingerprint density at radius 1 is 1.60 bits per heavy atom. The van der Waals surface area contributed by atoms with Crippen LogP contribution in [-0.4, -0.2) is 30.8 Å². The maximum Gasteiger partial charge on any atom is 0.0928 e. The number of nitrogens with one attached hydrogen (secondary N) is 1. The minimum atomic E-state index is 0.475. The van der Waals surface area contributed by atoms with Crippen LogP contribution in [0.2, 0.25) is 0 Å². The summed E-state index contributed by atoms with van der Waals surface area (Å²) in [4.78, 5) is 5.96. The zero-order valence-corrected chi connectivity index (χ0v) is 10.2. The Balaban J connectivity index is 1.99. The minimum Gasteiger partial charge on any atom is -0.379 e. The predicted octanol–water partition coefficient (Wildman–Crippen LogP) is 1.54. The van der Waals surface area contributed by atoms with Crippen LogP contribution in [0.5, 0.6) is 0 Å². The first-order chi connectivity index (χ1) is 7.29. The van der Waals surface area contributed by atoms with Gasteiger partial charge in [0.25, 0.3) is 0 Å². The van der Waals surface area contributed by atoms with E-state index in [1.807, 2.05) is 11.3 Å². The van der Waals surface area contributed by atoms with Crippen molar-refractivity contribution in [2.24, 2.45) is 0 Å². The molecule has 1 aromatic heterocycles. The fourth-order valence-corrected chi connectivity index (χ4v) is 2.89. The molecule has 0 amide bonds. The van der Waals surface area contributed by atoms with Crippen LogP contribution < -0.4 is 5.32 Å². The number of rotatable bonds is 3. The Bertz CT molecular complexity index is 318. The van der Waals surface area contributed by atoms with E-state index in [9.17, 15) is 0 Å². The topological polar surface area (TPSA) is 34.1 Å². The highest BCUT2D eigenvalue weighted by molar-refractivity contribution is 7.11. The quantitative estimate of drug-likeness (QED) is 0.849. The van der Waals surface area contributed by atoms with Crippen LogP contribution in [-0.2, 0) is 17.6 Å². The number of thiazole rings is 1. The minimum absolute atomic E-state index is 0.475. The largest absolute Gasteiger partial charge is 0.379 e. The average Bonchev–Trinajstić information content (AvgIpc) is 2.61. The van der Waals surface area contributed by atoms with Crippen LogP contribution in [0.15, 0.2) is 0 Å². The second-order valence-corrected chi connectivity index (χ2v) is 5.07. The molecule has 2 rings (SSSR count). The first-order valence-electron chi connectivity index (χ1n) is 5.56. The Morgan fingerprint density at radius 2 is 2.47 bits per heavy atom. The number of hydrogen-bond acceptors (Lipinski definition) is 4. The van der Waals surface area contributed by atoms with Gasteiger partial charge >= 0.3 is 0 Å². The standard InChI is InChI=1S/C11H18N2OS/c1-3-11-13-8(2)10(15-11)6-9-7-14-5-4-12-9/h9,12H,3-7H2,1-2H3. The molecule has 15 heavy (non-hydrogen) atoms. The first-order valence-corrected chi connectivity index (χ1v) is 6.37. The third-order valence-electron chi connectivity index (χ3n) is 2.67. The monoisotopic (exact) mass is 226 g/mol. The van der Waals surface area contributed by atoms with Crippen LogP contribution in [0.4, 0.5) is 0 Å². The molecule has 2 heterocycles. The predicted molar refractivity (Wildman–Crippen MR) is 62.5 cm³/mol. The molecule has 0 aliphatic carbocycles. The van der Waals surface area contributed by atoms with Crippen molar-refractivity contribution in [2.75, 3.05) is 19.8 Å². The maximum atomic E-state index is 5.45. The summed E-state index contributed by atoms with van der Waals surface area (Å²) in [6, 6.07) is 0.475. The first kappa shape index (κ1) is 11.0. The van der Waals surface area contributed by atoms with Gasteiger partial charge < -0.3 is 10.1 Å². The summed E-state index contributed by atoms with van der Waals surface area (Å²) >= 11 is 1.85. The van der Waals surface area contributed by atoms with E-state index in [1.54, 1.807) is 0 Å². The van der Waals surface area contributed by atoms with Crippen LogP contribution in [0.3, 0.4) is 0 Å². The summed E-state index contributed by atoms with van der Waals surface area (Å²) in [7, 11) is 0. The molecule has 1 N–H and O–H groups in total. The second-order valence-electron chi connectivity index (χ2n) is 3.90. The van der Waals surface area contributed by atoms with Crippen molar-refractivity contribution >= 4 is 11.3 Å². The number of hydrogen-bond donors (Lipinski definition) is 1. The summed E-state index contributed by atoms with van der Waals surface area (Å²) in [5, 5.41) is 4.73.